The molecule has 1 heteroatoms. The molecule has 3 aliphatic rings. The van der Waals surface area contributed by atoms with Crippen LogP contribution in [-0.2, 0) is 0 Å². The Balaban J connectivity index is 2.11. The molecule has 2 N–H and O–H groups in total. The first kappa shape index (κ1) is 8.55. The second-order valence-corrected chi connectivity index (χ2v) is 5.45. The first-order chi connectivity index (χ1) is 5.57. The Morgan fingerprint density at radius 1 is 1.33 bits per heavy atom. The van der Waals surface area contributed by atoms with Crippen LogP contribution in [0.1, 0.15) is 33.6 Å². The van der Waals surface area contributed by atoms with Crippen LogP contribution in [0.15, 0.2) is 0 Å². The molecule has 3 aliphatic carbocycles. The molecule has 0 amide bonds. The lowest BCUT2D eigenvalue weighted by molar-refractivity contribution is -0.126. The van der Waals surface area contributed by atoms with E-state index in [-0.39, 0.29) is 0 Å². The largest absolute Gasteiger partial charge is 0.330 e. The number of rotatable bonds is 1. The van der Waals surface area contributed by atoms with Crippen molar-refractivity contribution in [2.24, 2.45) is 34.8 Å². The third kappa shape index (κ3) is 0.891. The second kappa shape index (κ2) is 2.47. The van der Waals surface area contributed by atoms with Crippen molar-refractivity contribution in [3.8, 4) is 0 Å². The highest BCUT2D eigenvalue weighted by atomic mass is 14.7. The summed E-state index contributed by atoms with van der Waals surface area (Å²) in [7, 11) is 0. The van der Waals surface area contributed by atoms with Gasteiger partial charge in [0, 0.05) is 0 Å². The van der Waals surface area contributed by atoms with E-state index >= 15 is 0 Å². The van der Waals surface area contributed by atoms with Gasteiger partial charge >= 0.3 is 0 Å². The van der Waals surface area contributed by atoms with Crippen molar-refractivity contribution in [3.63, 3.8) is 0 Å². The van der Waals surface area contributed by atoms with Gasteiger partial charge in [0.25, 0.3) is 0 Å². The zero-order chi connectivity index (χ0) is 8.93. The van der Waals surface area contributed by atoms with E-state index in [0.717, 1.165) is 30.2 Å². The number of hydrogen-bond acceptors (Lipinski definition) is 1. The Morgan fingerprint density at radius 2 is 2.00 bits per heavy atom. The van der Waals surface area contributed by atoms with E-state index in [4.69, 9.17) is 5.73 Å². The summed E-state index contributed by atoms with van der Waals surface area (Å²) in [6.07, 6.45) is 2.87. The van der Waals surface area contributed by atoms with Crippen molar-refractivity contribution < 1.29 is 0 Å². The number of nitrogens with two attached hydrogens (primary N) is 1. The lowest BCUT2D eigenvalue weighted by atomic mass is 9.43. The summed E-state index contributed by atoms with van der Waals surface area (Å²) >= 11 is 0. The van der Waals surface area contributed by atoms with E-state index in [1.807, 2.05) is 0 Å². The maximum absolute atomic E-state index is 5.77. The molecule has 0 radical (unpaired) electrons. The van der Waals surface area contributed by atoms with Gasteiger partial charge < -0.3 is 5.73 Å². The van der Waals surface area contributed by atoms with Crippen LogP contribution in [0.2, 0.25) is 0 Å². The van der Waals surface area contributed by atoms with E-state index < -0.39 is 0 Å². The molecule has 0 aromatic rings. The maximum atomic E-state index is 5.77. The zero-order valence-corrected chi connectivity index (χ0v) is 8.51. The fourth-order valence-electron chi connectivity index (χ4n) is 3.57. The summed E-state index contributed by atoms with van der Waals surface area (Å²) < 4.78 is 0. The van der Waals surface area contributed by atoms with Gasteiger partial charge in [-0.2, -0.15) is 0 Å². The minimum absolute atomic E-state index is 0.630. The van der Waals surface area contributed by atoms with Gasteiger partial charge in [-0.15, -0.1) is 0 Å². The fourth-order valence-corrected chi connectivity index (χ4v) is 3.57. The molecule has 0 heterocycles. The van der Waals surface area contributed by atoms with Gasteiger partial charge in [-0.1, -0.05) is 20.8 Å². The monoisotopic (exact) mass is 167 g/mol. The normalized spacial score (nSPS) is 50.0. The third-order valence-corrected chi connectivity index (χ3v) is 4.81. The summed E-state index contributed by atoms with van der Waals surface area (Å²) in [5, 5.41) is 0. The van der Waals surface area contributed by atoms with Crippen LogP contribution < -0.4 is 5.73 Å². The molecular weight excluding hydrogens is 146 g/mol. The molecule has 12 heavy (non-hydrogen) atoms. The average molecular weight is 167 g/mol. The Morgan fingerprint density at radius 3 is 2.42 bits per heavy atom. The van der Waals surface area contributed by atoms with Gasteiger partial charge in [0.2, 0.25) is 0 Å². The summed E-state index contributed by atoms with van der Waals surface area (Å²) in [6.45, 7) is 8.19. The van der Waals surface area contributed by atoms with Gasteiger partial charge in [-0.3, -0.25) is 0 Å². The molecule has 0 aliphatic heterocycles. The summed E-state index contributed by atoms with van der Waals surface area (Å²) in [5.74, 6) is 3.63. The average Bonchev–Trinajstić information content (AvgIpc) is 2.03. The van der Waals surface area contributed by atoms with E-state index in [2.05, 4.69) is 20.8 Å². The van der Waals surface area contributed by atoms with Crippen LogP contribution in [0, 0.1) is 29.1 Å². The Bertz CT molecular complexity index is 185. The van der Waals surface area contributed by atoms with Crippen molar-refractivity contribution in [1.82, 2.24) is 0 Å². The Kier molecular flexibility index (Phi) is 1.76. The molecule has 3 fully saturated rings. The molecule has 0 saturated heterocycles. The molecule has 1 nitrogen and oxygen atoms in total. The van der Waals surface area contributed by atoms with E-state index in [1.165, 1.54) is 12.8 Å². The molecule has 0 aromatic carbocycles. The molecule has 0 spiro atoms. The Hall–Kier alpha value is -0.0400. The van der Waals surface area contributed by atoms with E-state index in [0.29, 0.717) is 5.41 Å². The first-order valence-electron chi connectivity index (χ1n) is 5.27. The van der Waals surface area contributed by atoms with Gasteiger partial charge in [-0.25, -0.2) is 0 Å². The van der Waals surface area contributed by atoms with Crippen LogP contribution in [0.5, 0.6) is 0 Å². The maximum Gasteiger partial charge on any atom is -0.00461 e. The predicted molar refractivity (Wildman–Crippen MR) is 51.7 cm³/mol. The van der Waals surface area contributed by atoms with Crippen LogP contribution in [0.3, 0.4) is 0 Å². The third-order valence-electron chi connectivity index (χ3n) is 4.81. The smallest absolute Gasteiger partial charge is 0.00461 e. The van der Waals surface area contributed by atoms with Crippen molar-refractivity contribution >= 4 is 0 Å². The van der Waals surface area contributed by atoms with Crippen molar-refractivity contribution in [1.29, 1.82) is 0 Å². The van der Waals surface area contributed by atoms with Gasteiger partial charge in [0.15, 0.2) is 0 Å². The molecule has 2 bridgehead atoms. The lowest BCUT2D eigenvalue weighted by Crippen LogP contribution is -2.56. The highest BCUT2D eigenvalue weighted by Gasteiger charge is 2.55. The fraction of sp³-hybridized carbons (Fsp3) is 1.00. The van der Waals surface area contributed by atoms with Gasteiger partial charge in [0.1, 0.15) is 0 Å². The van der Waals surface area contributed by atoms with Crippen molar-refractivity contribution in [2.45, 2.75) is 33.6 Å². The quantitative estimate of drug-likeness (QED) is 0.637. The molecular formula is C11H21N. The van der Waals surface area contributed by atoms with Crippen LogP contribution in [0.4, 0.5) is 0 Å². The molecule has 0 aromatic heterocycles. The summed E-state index contributed by atoms with van der Waals surface area (Å²) in [6, 6.07) is 0. The standard InChI is InChI=1S/C11H21N/c1-7-8(6-12)4-9-5-10(7)11(9,2)3/h7-10H,4-6,12H2,1-3H3/t7-,8+,9+,10-/m0/s1. The number of hydrogen-bond donors (Lipinski definition) is 1. The van der Waals surface area contributed by atoms with Crippen molar-refractivity contribution in [3.05, 3.63) is 0 Å². The van der Waals surface area contributed by atoms with Crippen molar-refractivity contribution in [2.75, 3.05) is 6.54 Å². The van der Waals surface area contributed by atoms with Crippen LogP contribution >= 0.6 is 0 Å². The zero-order valence-electron chi connectivity index (χ0n) is 8.51. The highest BCUT2D eigenvalue weighted by molar-refractivity contribution is 5.04. The topological polar surface area (TPSA) is 26.0 Å². The van der Waals surface area contributed by atoms with Gasteiger partial charge in [-0.05, 0) is 48.5 Å². The minimum atomic E-state index is 0.630. The molecule has 3 saturated carbocycles. The number of fused-ring (bicyclic) bond motifs is 2. The van der Waals surface area contributed by atoms with Crippen LogP contribution in [0.25, 0.3) is 0 Å². The van der Waals surface area contributed by atoms with Crippen LogP contribution in [-0.4, -0.2) is 6.54 Å². The molecule has 0 unspecified atom stereocenters. The minimum Gasteiger partial charge on any atom is -0.330 e. The molecule has 3 rings (SSSR count). The summed E-state index contributed by atoms with van der Waals surface area (Å²) in [4.78, 5) is 0. The SMILES string of the molecule is C[C@H]1[C@@H](CN)C[C@@H]2C[C@@H]1C2(C)C. The molecule has 4 atom stereocenters. The van der Waals surface area contributed by atoms with E-state index in [1.54, 1.807) is 0 Å². The summed E-state index contributed by atoms with van der Waals surface area (Å²) in [5.41, 5.74) is 6.40. The lowest BCUT2D eigenvalue weighted by Gasteiger charge is -2.62. The molecule has 70 valence electrons. The highest BCUT2D eigenvalue weighted by Crippen LogP contribution is 2.62. The Labute approximate surface area is 75.7 Å². The second-order valence-electron chi connectivity index (χ2n) is 5.45. The predicted octanol–water partition coefficient (Wildman–Crippen LogP) is 2.26. The van der Waals surface area contributed by atoms with E-state index in [9.17, 15) is 0 Å². The van der Waals surface area contributed by atoms with Gasteiger partial charge in [0.05, 0.1) is 0 Å². The first-order valence-corrected chi connectivity index (χ1v) is 5.27.